The monoisotopic (exact) mass is 349 g/mol. The van der Waals surface area contributed by atoms with Crippen molar-refractivity contribution in [3.63, 3.8) is 0 Å². The highest BCUT2D eigenvalue weighted by Gasteiger charge is 2.19. The van der Waals surface area contributed by atoms with Gasteiger partial charge in [0.2, 0.25) is 10.0 Å². The number of ketones is 1. The summed E-state index contributed by atoms with van der Waals surface area (Å²) in [6, 6.07) is 6.26. The molecule has 2 aromatic rings. The predicted octanol–water partition coefficient (Wildman–Crippen LogP) is 2.46. The van der Waals surface area contributed by atoms with E-state index in [0.717, 1.165) is 6.26 Å². The number of H-pyrrole nitrogens is 1. The number of nitrogens with one attached hydrogen (secondary N) is 3. The van der Waals surface area contributed by atoms with E-state index in [1.165, 1.54) is 6.92 Å². The number of rotatable bonds is 5. The second-order valence-electron chi connectivity index (χ2n) is 5.59. The molecule has 1 heterocycles. The molecule has 0 radical (unpaired) electrons. The quantitative estimate of drug-likeness (QED) is 0.721. The minimum absolute atomic E-state index is 0.100. The van der Waals surface area contributed by atoms with Gasteiger partial charge in [0, 0.05) is 22.6 Å². The van der Waals surface area contributed by atoms with Crippen LogP contribution in [0.4, 0.5) is 11.4 Å². The van der Waals surface area contributed by atoms with E-state index in [2.05, 4.69) is 15.0 Å². The van der Waals surface area contributed by atoms with Gasteiger partial charge in [-0.15, -0.1) is 0 Å². The van der Waals surface area contributed by atoms with E-state index in [9.17, 15) is 18.0 Å². The van der Waals surface area contributed by atoms with Crippen LogP contribution in [-0.4, -0.2) is 31.3 Å². The summed E-state index contributed by atoms with van der Waals surface area (Å²) in [7, 11) is -3.35. The molecule has 0 bridgehead atoms. The Morgan fingerprint density at radius 3 is 2.04 bits per heavy atom. The third kappa shape index (κ3) is 4.02. The number of anilines is 2. The van der Waals surface area contributed by atoms with Gasteiger partial charge in [0.25, 0.3) is 5.91 Å². The summed E-state index contributed by atoms with van der Waals surface area (Å²) in [5, 5.41) is 2.71. The van der Waals surface area contributed by atoms with Crippen LogP contribution >= 0.6 is 0 Å². The molecule has 0 aliphatic heterocycles. The highest BCUT2D eigenvalue weighted by atomic mass is 32.2. The molecule has 0 fully saturated rings. The molecule has 8 heteroatoms. The largest absolute Gasteiger partial charge is 0.354 e. The van der Waals surface area contributed by atoms with E-state index in [4.69, 9.17) is 0 Å². The smallest absolute Gasteiger partial charge is 0.272 e. The maximum Gasteiger partial charge on any atom is 0.272 e. The molecule has 0 saturated carbocycles. The van der Waals surface area contributed by atoms with Crippen molar-refractivity contribution in [1.82, 2.24) is 4.98 Å². The molecule has 2 rings (SSSR count). The Hall–Kier alpha value is -2.61. The van der Waals surface area contributed by atoms with Gasteiger partial charge in [-0.25, -0.2) is 8.42 Å². The van der Waals surface area contributed by atoms with Crippen molar-refractivity contribution in [1.29, 1.82) is 0 Å². The van der Waals surface area contributed by atoms with Gasteiger partial charge in [-0.2, -0.15) is 0 Å². The third-order valence-electron chi connectivity index (χ3n) is 3.46. The SMILES string of the molecule is CC(=O)c1c(C)[nH]c(C(=O)Nc2ccc(NS(C)(=O)=O)cc2)c1C. The Morgan fingerprint density at radius 1 is 1.04 bits per heavy atom. The molecule has 0 unspecified atom stereocenters. The second kappa shape index (κ2) is 6.48. The molecule has 128 valence electrons. The number of hydrogen-bond acceptors (Lipinski definition) is 4. The van der Waals surface area contributed by atoms with Gasteiger partial charge in [0.05, 0.1) is 6.26 Å². The maximum atomic E-state index is 12.4. The average Bonchev–Trinajstić information content (AvgIpc) is 2.74. The molecule has 0 atom stereocenters. The number of aromatic amines is 1. The summed E-state index contributed by atoms with van der Waals surface area (Å²) in [6.45, 7) is 4.92. The zero-order valence-corrected chi connectivity index (χ0v) is 14.7. The lowest BCUT2D eigenvalue weighted by Gasteiger charge is -2.07. The van der Waals surface area contributed by atoms with E-state index < -0.39 is 10.0 Å². The number of sulfonamides is 1. The fourth-order valence-electron chi connectivity index (χ4n) is 2.53. The normalized spacial score (nSPS) is 11.2. The van der Waals surface area contributed by atoms with Gasteiger partial charge in [-0.1, -0.05) is 0 Å². The zero-order chi connectivity index (χ0) is 18.1. The first-order valence-corrected chi connectivity index (χ1v) is 9.07. The third-order valence-corrected chi connectivity index (χ3v) is 4.07. The Balaban J connectivity index is 2.19. The zero-order valence-electron chi connectivity index (χ0n) is 13.9. The molecule has 7 nitrogen and oxygen atoms in total. The number of carbonyl (C=O) groups is 2. The Labute approximate surface area is 140 Å². The Morgan fingerprint density at radius 2 is 1.58 bits per heavy atom. The standard InChI is InChI=1S/C16H19N3O4S/c1-9-14(11(3)20)10(2)17-15(9)16(21)18-12-5-7-13(8-6-12)19-24(4,22)23/h5-8,17,19H,1-4H3,(H,18,21). The summed E-state index contributed by atoms with van der Waals surface area (Å²) in [4.78, 5) is 26.9. The second-order valence-corrected chi connectivity index (χ2v) is 7.34. The molecule has 0 aliphatic rings. The molecular weight excluding hydrogens is 330 g/mol. The van der Waals surface area contributed by atoms with Crippen LogP contribution in [0.15, 0.2) is 24.3 Å². The minimum atomic E-state index is -3.35. The highest BCUT2D eigenvalue weighted by molar-refractivity contribution is 7.92. The molecule has 0 saturated heterocycles. The average molecular weight is 349 g/mol. The van der Waals surface area contributed by atoms with E-state index in [1.807, 2.05) is 0 Å². The lowest BCUT2D eigenvalue weighted by Crippen LogP contribution is -2.14. The molecule has 0 aliphatic carbocycles. The molecule has 1 aromatic carbocycles. The number of aryl methyl sites for hydroxylation is 1. The summed E-state index contributed by atoms with van der Waals surface area (Å²) in [5.41, 5.74) is 3.02. The van der Waals surface area contributed by atoms with Crippen LogP contribution in [0.3, 0.4) is 0 Å². The summed E-state index contributed by atoms with van der Waals surface area (Å²) in [6.07, 6.45) is 1.06. The van der Waals surface area contributed by atoms with Crippen molar-refractivity contribution >= 4 is 33.1 Å². The molecule has 3 N–H and O–H groups in total. The van der Waals surface area contributed by atoms with Gasteiger partial charge >= 0.3 is 0 Å². The van der Waals surface area contributed by atoms with E-state index in [-0.39, 0.29) is 11.7 Å². The van der Waals surface area contributed by atoms with Crippen LogP contribution in [0.25, 0.3) is 0 Å². The topological polar surface area (TPSA) is 108 Å². The molecule has 0 spiro atoms. The van der Waals surface area contributed by atoms with Gasteiger partial charge in [-0.05, 0) is 50.6 Å². The molecule has 24 heavy (non-hydrogen) atoms. The summed E-state index contributed by atoms with van der Waals surface area (Å²) in [5.74, 6) is -0.469. The van der Waals surface area contributed by atoms with Crippen molar-refractivity contribution in [2.75, 3.05) is 16.3 Å². The number of aromatic nitrogens is 1. The lowest BCUT2D eigenvalue weighted by atomic mass is 10.1. The predicted molar refractivity (Wildman–Crippen MR) is 93.1 cm³/mol. The van der Waals surface area contributed by atoms with Crippen LogP contribution in [0.2, 0.25) is 0 Å². The Kier molecular flexibility index (Phi) is 4.79. The number of amides is 1. The summed E-state index contributed by atoms with van der Waals surface area (Å²) < 4.78 is 24.7. The lowest BCUT2D eigenvalue weighted by molar-refractivity contribution is 0.101. The van der Waals surface area contributed by atoms with Gasteiger partial charge in [-0.3, -0.25) is 14.3 Å². The van der Waals surface area contributed by atoms with Crippen LogP contribution in [0.5, 0.6) is 0 Å². The van der Waals surface area contributed by atoms with Crippen LogP contribution in [-0.2, 0) is 10.0 Å². The first-order valence-electron chi connectivity index (χ1n) is 7.18. The summed E-state index contributed by atoms with van der Waals surface area (Å²) >= 11 is 0. The van der Waals surface area contributed by atoms with Crippen molar-refractivity contribution in [2.24, 2.45) is 0 Å². The van der Waals surface area contributed by atoms with Crippen molar-refractivity contribution in [3.05, 3.63) is 46.8 Å². The molecule has 1 aromatic heterocycles. The Bertz CT molecular complexity index is 896. The van der Waals surface area contributed by atoms with Crippen molar-refractivity contribution in [2.45, 2.75) is 20.8 Å². The van der Waals surface area contributed by atoms with Crippen LogP contribution in [0.1, 0.15) is 39.0 Å². The van der Waals surface area contributed by atoms with Crippen LogP contribution < -0.4 is 10.0 Å². The van der Waals surface area contributed by atoms with Crippen molar-refractivity contribution in [3.8, 4) is 0 Å². The number of Topliss-reactive ketones (excluding diaryl/α,β-unsaturated/α-hetero) is 1. The fraction of sp³-hybridized carbons (Fsp3) is 0.250. The van der Waals surface area contributed by atoms with Crippen LogP contribution in [0, 0.1) is 13.8 Å². The van der Waals surface area contributed by atoms with E-state index >= 15 is 0 Å². The number of benzene rings is 1. The first kappa shape index (κ1) is 17.7. The first-order chi connectivity index (χ1) is 11.1. The maximum absolute atomic E-state index is 12.4. The van der Waals surface area contributed by atoms with Gasteiger partial charge in [0.15, 0.2) is 5.78 Å². The minimum Gasteiger partial charge on any atom is -0.354 e. The van der Waals surface area contributed by atoms with Gasteiger partial charge < -0.3 is 10.3 Å². The van der Waals surface area contributed by atoms with Gasteiger partial charge in [0.1, 0.15) is 5.69 Å². The van der Waals surface area contributed by atoms with Crippen molar-refractivity contribution < 1.29 is 18.0 Å². The molecule has 1 amide bonds. The van der Waals surface area contributed by atoms with E-state index in [0.29, 0.717) is 33.9 Å². The number of hydrogen-bond donors (Lipinski definition) is 3. The highest BCUT2D eigenvalue weighted by Crippen LogP contribution is 2.20. The van der Waals surface area contributed by atoms with E-state index in [1.54, 1.807) is 38.1 Å². The molecular formula is C16H19N3O4S. The number of carbonyl (C=O) groups excluding carboxylic acids is 2. The fourth-order valence-corrected chi connectivity index (χ4v) is 3.10.